The van der Waals surface area contributed by atoms with E-state index in [4.69, 9.17) is 10.5 Å². The molecule has 0 aliphatic heterocycles. The Hall–Kier alpha value is -0.610. The van der Waals surface area contributed by atoms with E-state index in [0.717, 1.165) is 19.3 Å². The van der Waals surface area contributed by atoms with Crippen molar-refractivity contribution in [1.82, 2.24) is 5.32 Å². The maximum Gasteiger partial charge on any atom is 0.246 e. The molecule has 0 saturated carbocycles. The van der Waals surface area contributed by atoms with Gasteiger partial charge in [0, 0.05) is 18.7 Å². The van der Waals surface area contributed by atoms with Crippen LogP contribution in [-0.4, -0.2) is 31.2 Å². The number of carbonyl (C=O) groups excluding carboxylic acids is 1. The van der Waals surface area contributed by atoms with Crippen LogP contribution in [0.3, 0.4) is 0 Å². The normalized spacial score (nSPS) is 11.5. The van der Waals surface area contributed by atoms with Crippen LogP contribution in [0.2, 0.25) is 0 Å². The predicted octanol–water partition coefficient (Wildman–Crippen LogP) is 1.05. The van der Waals surface area contributed by atoms with Gasteiger partial charge in [0.05, 0.1) is 0 Å². The zero-order valence-electron chi connectivity index (χ0n) is 10.1. The van der Waals surface area contributed by atoms with Gasteiger partial charge in [-0.2, -0.15) is 0 Å². The second-order valence-corrected chi connectivity index (χ2v) is 3.90. The second kappa shape index (κ2) is 7.65. The Labute approximate surface area is 92.6 Å². The Morgan fingerprint density at radius 1 is 1.33 bits per heavy atom. The summed E-state index contributed by atoms with van der Waals surface area (Å²) in [4.78, 5) is 11.3. The lowest BCUT2D eigenvalue weighted by Crippen LogP contribution is -2.49. The lowest BCUT2D eigenvalue weighted by atomic mass is 9.94. The number of nitrogens with one attached hydrogen (secondary N) is 1. The van der Waals surface area contributed by atoms with Crippen LogP contribution in [0.15, 0.2) is 0 Å². The van der Waals surface area contributed by atoms with Crippen molar-refractivity contribution in [2.24, 2.45) is 5.73 Å². The Morgan fingerprint density at radius 2 is 1.93 bits per heavy atom. The van der Waals surface area contributed by atoms with Crippen LogP contribution < -0.4 is 11.1 Å². The van der Waals surface area contributed by atoms with Gasteiger partial charge in [-0.15, -0.1) is 0 Å². The van der Waals surface area contributed by atoms with E-state index in [1.54, 1.807) is 0 Å². The zero-order valence-corrected chi connectivity index (χ0v) is 10.1. The minimum atomic E-state index is -0.277. The van der Waals surface area contributed by atoms with Crippen LogP contribution in [0.4, 0.5) is 0 Å². The molecule has 0 aliphatic rings. The standard InChI is InChI=1S/C11H24N2O2/c1-4-7-15-8-10(14)13-9-11(12,5-2)6-3/h4-9,12H2,1-3H3,(H,13,14). The monoisotopic (exact) mass is 216 g/mol. The van der Waals surface area contributed by atoms with E-state index < -0.39 is 0 Å². The van der Waals surface area contributed by atoms with Gasteiger partial charge in [0.15, 0.2) is 0 Å². The third-order valence-electron chi connectivity index (χ3n) is 2.63. The fraction of sp³-hybridized carbons (Fsp3) is 0.909. The van der Waals surface area contributed by atoms with Crippen molar-refractivity contribution in [3.63, 3.8) is 0 Å². The molecule has 0 atom stereocenters. The van der Waals surface area contributed by atoms with Gasteiger partial charge in [0.1, 0.15) is 6.61 Å². The molecule has 0 radical (unpaired) electrons. The van der Waals surface area contributed by atoms with Crippen molar-refractivity contribution >= 4 is 5.91 Å². The predicted molar refractivity (Wildman–Crippen MR) is 61.6 cm³/mol. The van der Waals surface area contributed by atoms with Crippen LogP contribution in [0, 0.1) is 0 Å². The molecule has 0 rings (SSSR count). The van der Waals surface area contributed by atoms with E-state index in [1.807, 2.05) is 20.8 Å². The van der Waals surface area contributed by atoms with E-state index >= 15 is 0 Å². The minimum absolute atomic E-state index is 0.0832. The number of hydrogen-bond donors (Lipinski definition) is 2. The molecule has 0 aromatic carbocycles. The number of rotatable bonds is 8. The first-order valence-electron chi connectivity index (χ1n) is 5.71. The Bertz CT molecular complexity index is 179. The highest BCUT2D eigenvalue weighted by atomic mass is 16.5. The quantitative estimate of drug-likeness (QED) is 0.596. The molecular weight excluding hydrogens is 192 g/mol. The molecule has 0 heterocycles. The molecule has 90 valence electrons. The van der Waals surface area contributed by atoms with Crippen molar-refractivity contribution in [3.8, 4) is 0 Å². The number of hydrogen-bond acceptors (Lipinski definition) is 3. The van der Waals surface area contributed by atoms with Crippen LogP contribution in [0.5, 0.6) is 0 Å². The van der Waals surface area contributed by atoms with Crippen molar-refractivity contribution in [2.75, 3.05) is 19.8 Å². The molecule has 0 aromatic rings. The number of ether oxygens (including phenoxy) is 1. The first-order chi connectivity index (χ1) is 7.08. The summed E-state index contributed by atoms with van der Waals surface area (Å²) in [5.74, 6) is -0.0832. The van der Waals surface area contributed by atoms with Gasteiger partial charge >= 0.3 is 0 Å². The Kier molecular flexibility index (Phi) is 7.34. The van der Waals surface area contributed by atoms with E-state index in [0.29, 0.717) is 13.2 Å². The van der Waals surface area contributed by atoms with E-state index in [2.05, 4.69) is 5.32 Å². The molecular formula is C11H24N2O2. The van der Waals surface area contributed by atoms with Gasteiger partial charge in [-0.1, -0.05) is 20.8 Å². The average Bonchev–Trinajstić information content (AvgIpc) is 2.26. The summed E-state index contributed by atoms with van der Waals surface area (Å²) in [5.41, 5.74) is 5.77. The molecule has 3 N–H and O–H groups in total. The van der Waals surface area contributed by atoms with E-state index in [-0.39, 0.29) is 18.1 Å². The first-order valence-corrected chi connectivity index (χ1v) is 5.71. The Morgan fingerprint density at radius 3 is 2.40 bits per heavy atom. The largest absolute Gasteiger partial charge is 0.372 e. The van der Waals surface area contributed by atoms with Crippen molar-refractivity contribution in [3.05, 3.63) is 0 Å². The third-order valence-corrected chi connectivity index (χ3v) is 2.63. The summed E-state index contributed by atoms with van der Waals surface area (Å²) >= 11 is 0. The van der Waals surface area contributed by atoms with Crippen molar-refractivity contribution in [2.45, 2.75) is 45.6 Å². The summed E-state index contributed by atoms with van der Waals surface area (Å²) in [6.07, 6.45) is 2.65. The van der Waals surface area contributed by atoms with Gasteiger partial charge in [-0.3, -0.25) is 4.79 Å². The zero-order chi connectivity index (χ0) is 11.7. The summed E-state index contributed by atoms with van der Waals surface area (Å²) in [7, 11) is 0. The molecule has 0 aliphatic carbocycles. The maximum absolute atomic E-state index is 11.3. The fourth-order valence-corrected chi connectivity index (χ4v) is 1.13. The molecule has 4 heteroatoms. The van der Waals surface area contributed by atoms with Gasteiger partial charge in [0.2, 0.25) is 5.91 Å². The molecule has 15 heavy (non-hydrogen) atoms. The number of carbonyl (C=O) groups is 1. The molecule has 0 unspecified atom stereocenters. The summed E-state index contributed by atoms with van der Waals surface area (Å²) < 4.78 is 5.12. The molecule has 4 nitrogen and oxygen atoms in total. The number of nitrogens with two attached hydrogens (primary N) is 1. The smallest absolute Gasteiger partial charge is 0.246 e. The molecule has 0 fully saturated rings. The van der Waals surface area contributed by atoms with E-state index in [1.165, 1.54) is 0 Å². The lowest BCUT2D eigenvalue weighted by molar-refractivity contribution is -0.125. The second-order valence-electron chi connectivity index (χ2n) is 3.90. The van der Waals surface area contributed by atoms with Crippen molar-refractivity contribution in [1.29, 1.82) is 0 Å². The fourth-order valence-electron chi connectivity index (χ4n) is 1.13. The van der Waals surface area contributed by atoms with Gasteiger partial charge in [-0.25, -0.2) is 0 Å². The van der Waals surface area contributed by atoms with Gasteiger partial charge in [0.25, 0.3) is 0 Å². The third kappa shape index (κ3) is 6.47. The van der Waals surface area contributed by atoms with Gasteiger partial charge < -0.3 is 15.8 Å². The average molecular weight is 216 g/mol. The SMILES string of the molecule is CCCOCC(=O)NCC(N)(CC)CC. The van der Waals surface area contributed by atoms with Crippen LogP contribution >= 0.6 is 0 Å². The van der Waals surface area contributed by atoms with Crippen LogP contribution in [-0.2, 0) is 9.53 Å². The Balaban J connectivity index is 3.69. The molecule has 0 aromatic heterocycles. The van der Waals surface area contributed by atoms with Crippen molar-refractivity contribution < 1.29 is 9.53 Å². The topological polar surface area (TPSA) is 64.3 Å². The first kappa shape index (κ1) is 14.4. The summed E-state index contributed by atoms with van der Waals surface area (Å²) in [6, 6.07) is 0. The molecule has 0 bridgehead atoms. The lowest BCUT2D eigenvalue weighted by Gasteiger charge is -2.26. The van der Waals surface area contributed by atoms with E-state index in [9.17, 15) is 4.79 Å². The van der Waals surface area contributed by atoms with Gasteiger partial charge in [-0.05, 0) is 19.3 Å². The molecule has 0 spiro atoms. The minimum Gasteiger partial charge on any atom is -0.372 e. The van der Waals surface area contributed by atoms with Crippen LogP contribution in [0.25, 0.3) is 0 Å². The summed E-state index contributed by atoms with van der Waals surface area (Å²) in [5, 5.41) is 2.80. The van der Waals surface area contributed by atoms with Crippen LogP contribution in [0.1, 0.15) is 40.0 Å². The molecule has 0 saturated heterocycles. The highest BCUT2D eigenvalue weighted by molar-refractivity contribution is 5.77. The summed E-state index contributed by atoms with van der Waals surface area (Å²) in [6.45, 7) is 7.36. The molecule has 1 amide bonds. The highest BCUT2D eigenvalue weighted by Gasteiger charge is 2.20. The highest BCUT2D eigenvalue weighted by Crippen LogP contribution is 2.08. The maximum atomic E-state index is 11.3. The number of amides is 1.